The van der Waals surface area contributed by atoms with Crippen LogP contribution in [-0.4, -0.2) is 62.8 Å². The Morgan fingerprint density at radius 3 is 2.77 bits per heavy atom. The van der Waals surface area contributed by atoms with E-state index in [1.807, 2.05) is 0 Å². The fraction of sp³-hybridized carbons (Fsp3) is 0.722. The standard InChI is InChI=1S/C18H29N3O3S2/c1-15(13-20-8-2-3-9-20)12-19-18(22)16-6-4-10-21(14-16)26(23,24)17-7-5-11-25-17/h5,7,11,15-16H,2-4,6,8-10,12-14H2,1H3,(H,19,22). The van der Waals surface area contributed by atoms with E-state index in [-0.39, 0.29) is 18.4 Å². The highest BCUT2D eigenvalue weighted by atomic mass is 32.2. The van der Waals surface area contributed by atoms with E-state index in [1.54, 1.807) is 17.5 Å². The number of nitrogens with one attached hydrogen (secondary N) is 1. The number of hydrogen-bond donors (Lipinski definition) is 1. The Bertz CT molecular complexity index is 685. The number of likely N-dealkylation sites (tertiary alicyclic amines) is 1. The van der Waals surface area contributed by atoms with Crippen LogP contribution in [0.1, 0.15) is 32.6 Å². The molecule has 1 aromatic heterocycles. The average molecular weight is 400 g/mol. The molecule has 3 rings (SSSR count). The predicted molar refractivity (Wildman–Crippen MR) is 104 cm³/mol. The fourth-order valence-electron chi connectivity index (χ4n) is 3.80. The number of amides is 1. The molecule has 0 radical (unpaired) electrons. The van der Waals surface area contributed by atoms with E-state index in [0.29, 0.717) is 23.2 Å². The van der Waals surface area contributed by atoms with Crippen molar-refractivity contribution in [3.05, 3.63) is 17.5 Å². The smallest absolute Gasteiger partial charge is 0.252 e. The third-order valence-corrected chi connectivity index (χ3v) is 8.48. The van der Waals surface area contributed by atoms with Gasteiger partial charge in [-0.3, -0.25) is 4.79 Å². The van der Waals surface area contributed by atoms with Gasteiger partial charge in [-0.2, -0.15) is 4.31 Å². The van der Waals surface area contributed by atoms with Crippen molar-refractivity contribution in [1.82, 2.24) is 14.5 Å². The number of nitrogens with zero attached hydrogens (tertiary/aromatic N) is 2. The molecule has 2 aliphatic rings. The molecule has 3 heterocycles. The largest absolute Gasteiger partial charge is 0.356 e. The fourth-order valence-corrected chi connectivity index (χ4v) is 6.47. The van der Waals surface area contributed by atoms with E-state index < -0.39 is 10.0 Å². The second-order valence-corrected chi connectivity index (χ2v) is 10.6. The van der Waals surface area contributed by atoms with Crippen molar-refractivity contribution < 1.29 is 13.2 Å². The lowest BCUT2D eigenvalue weighted by molar-refractivity contribution is -0.126. The van der Waals surface area contributed by atoms with Gasteiger partial charge in [0.25, 0.3) is 10.0 Å². The number of sulfonamides is 1. The van der Waals surface area contributed by atoms with Crippen LogP contribution in [-0.2, 0) is 14.8 Å². The summed E-state index contributed by atoms with van der Waals surface area (Å²) in [5, 5.41) is 4.82. The van der Waals surface area contributed by atoms with E-state index >= 15 is 0 Å². The van der Waals surface area contributed by atoms with Gasteiger partial charge in [-0.1, -0.05) is 13.0 Å². The van der Waals surface area contributed by atoms with Gasteiger partial charge in [0.1, 0.15) is 4.21 Å². The zero-order chi connectivity index (χ0) is 18.6. The van der Waals surface area contributed by atoms with Crippen LogP contribution in [0.4, 0.5) is 0 Å². The highest BCUT2D eigenvalue weighted by molar-refractivity contribution is 7.91. The molecule has 0 saturated carbocycles. The SMILES string of the molecule is CC(CNC(=O)C1CCCN(S(=O)(=O)c2cccs2)C1)CN1CCCC1. The lowest BCUT2D eigenvalue weighted by atomic mass is 9.98. The molecule has 1 N–H and O–H groups in total. The molecule has 1 amide bonds. The van der Waals surface area contributed by atoms with Crippen molar-refractivity contribution in [1.29, 1.82) is 0 Å². The van der Waals surface area contributed by atoms with Crippen molar-refractivity contribution in [2.45, 2.75) is 36.8 Å². The van der Waals surface area contributed by atoms with Crippen LogP contribution in [0, 0.1) is 11.8 Å². The molecule has 8 heteroatoms. The number of carbonyl (C=O) groups is 1. The highest BCUT2D eigenvalue weighted by Gasteiger charge is 2.33. The summed E-state index contributed by atoms with van der Waals surface area (Å²) in [7, 11) is -3.47. The molecule has 2 fully saturated rings. The zero-order valence-electron chi connectivity index (χ0n) is 15.4. The first-order chi connectivity index (χ1) is 12.5. The van der Waals surface area contributed by atoms with Crippen LogP contribution >= 0.6 is 11.3 Å². The quantitative estimate of drug-likeness (QED) is 0.761. The van der Waals surface area contributed by atoms with Gasteiger partial charge in [-0.15, -0.1) is 11.3 Å². The lowest BCUT2D eigenvalue weighted by Crippen LogP contribution is -2.46. The summed E-state index contributed by atoms with van der Waals surface area (Å²) >= 11 is 1.23. The Labute approximate surface area is 160 Å². The van der Waals surface area contributed by atoms with Gasteiger partial charge in [0.15, 0.2) is 0 Å². The third-order valence-electron chi connectivity index (χ3n) is 5.24. The maximum atomic E-state index is 12.7. The number of carbonyl (C=O) groups excluding carboxylic acids is 1. The summed E-state index contributed by atoms with van der Waals surface area (Å²) in [4.78, 5) is 15.0. The minimum absolute atomic E-state index is 0.00986. The van der Waals surface area contributed by atoms with Crippen molar-refractivity contribution >= 4 is 27.3 Å². The van der Waals surface area contributed by atoms with Gasteiger partial charge in [0.05, 0.1) is 5.92 Å². The molecule has 1 aromatic rings. The Kier molecular flexibility index (Phi) is 6.71. The first-order valence-corrected chi connectivity index (χ1v) is 11.8. The van der Waals surface area contributed by atoms with Gasteiger partial charge in [0, 0.05) is 26.2 Å². The van der Waals surface area contributed by atoms with Gasteiger partial charge < -0.3 is 10.2 Å². The summed E-state index contributed by atoms with van der Waals surface area (Å²) in [5.41, 5.74) is 0. The second kappa shape index (κ2) is 8.82. The topological polar surface area (TPSA) is 69.7 Å². The first kappa shape index (κ1) is 19.8. The number of hydrogen-bond acceptors (Lipinski definition) is 5. The van der Waals surface area contributed by atoms with Gasteiger partial charge >= 0.3 is 0 Å². The minimum atomic E-state index is -3.47. The van der Waals surface area contributed by atoms with E-state index in [9.17, 15) is 13.2 Å². The maximum absolute atomic E-state index is 12.7. The van der Waals surface area contributed by atoms with Crippen LogP contribution in [0.2, 0.25) is 0 Å². The predicted octanol–water partition coefficient (Wildman–Crippen LogP) is 2.00. The monoisotopic (exact) mass is 399 g/mol. The number of piperidine rings is 1. The Morgan fingerprint density at radius 1 is 1.31 bits per heavy atom. The molecule has 26 heavy (non-hydrogen) atoms. The summed E-state index contributed by atoms with van der Waals surface area (Å²) < 4.78 is 27.2. The van der Waals surface area contributed by atoms with Crippen LogP contribution in [0.3, 0.4) is 0 Å². The Hall–Kier alpha value is -0.960. The number of thiophene rings is 1. The molecule has 0 aromatic carbocycles. The van der Waals surface area contributed by atoms with Crippen molar-refractivity contribution in [3.8, 4) is 0 Å². The molecule has 2 unspecified atom stereocenters. The summed E-state index contributed by atoms with van der Waals surface area (Å²) in [6.07, 6.45) is 4.03. The normalized spacial score (nSPS) is 23.8. The molecule has 2 aliphatic heterocycles. The summed E-state index contributed by atoms with van der Waals surface area (Å²) in [6, 6.07) is 3.37. The van der Waals surface area contributed by atoms with E-state index in [2.05, 4.69) is 17.1 Å². The number of rotatable bonds is 7. The molecule has 146 valence electrons. The highest BCUT2D eigenvalue weighted by Crippen LogP contribution is 2.26. The molecular formula is C18H29N3O3S2. The maximum Gasteiger partial charge on any atom is 0.252 e. The zero-order valence-corrected chi connectivity index (χ0v) is 17.0. The Morgan fingerprint density at radius 2 is 2.08 bits per heavy atom. The molecular weight excluding hydrogens is 370 g/mol. The summed E-state index contributed by atoms with van der Waals surface area (Å²) in [5.74, 6) is 0.147. The first-order valence-electron chi connectivity index (χ1n) is 9.50. The molecule has 2 atom stereocenters. The van der Waals surface area contributed by atoms with Crippen LogP contribution < -0.4 is 5.32 Å². The van der Waals surface area contributed by atoms with E-state index in [1.165, 1.54) is 28.5 Å². The van der Waals surface area contributed by atoms with Gasteiger partial charge in [-0.25, -0.2) is 8.42 Å². The van der Waals surface area contributed by atoms with Crippen molar-refractivity contribution in [3.63, 3.8) is 0 Å². The molecule has 2 saturated heterocycles. The molecule has 0 spiro atoms. The molecule has 0 aliphatic carbocycles. The van der Waals surface area contributed by atoms with Crippen molar-refractivity contribution in [2.75, 3.05) is 39.3 Å². The molecule has 6 nitrogen and oxygen atoms in total. The van der Waals surface area contributed by atoms with Gasteiger partial charge in [0.2, 0.25) is 5.91 Å². The van der Waals surface area contributed by atoms with E-state index in [4.69, 9.17) is 0 Å². The second-order valence-electron chi connectivity index (χ2n) is 7.49. The summed E-state index contributed by atoms with van der Waals surface area (Å²) in [6.45, 7) is 6.94. The third kappa shape index (κ3) is 4.85. The van der Waals surface area contributed by atoms with Crippen LogP contribution in [0.25, 0.3) is 0 Å². The van der Waals surface area contributed by atoms with Crippen LogP contribution in [0.5, 0.6) is 0 Å². The van der Waals surface area contributed by atoms with Crippen molar-refractivity contribution in [2.24, 2.45) is 11.8 Å². The molecule has 0 bridgehead atoms. The minimum Gasteiger partial charge on any atom is -0.356 e. The van der Waals surface area contributed by atoms with Gasteiger partial charge in [-0.05, 0) is 56.1 Å². The van der Waals surface area contributed by atoms with Crippen LogP contribution in [0.15, 0.2) is 21.7 Å². The average Bonchev–Trinajstić information content (AvgIpc) is 3.34. The lowest BCUT2D eigenvalue weighted by Gasteiger charge is -2.31. The Balaban J connectivity index is 1.50. The van der Waals surface area contributed by atoms with E-state index in [0.717, 1.165) is 32.5 Å².